The maximum absolute atomic E-state index is 13.5. The number of aromatic nitrogens is 1. The van der Waals surface area contributed by atoms with E-state index in [-0.39, 0.29) is 23.4 Å². The lowest BCUT2D eigenvalue weighted by atomic mass is 9.93. The number of H-pyrrole nitrogens is 1. The van der Waals surface area contributed by atoms with Crippen LogP contribution in [0.2, 0.25) is 0 Å². The fraction of sp³-hybridized carbons (Fsp3) is 0.444. The maximum atomic E-state index is 13.5. The predicted octanol–water partition coefficient (Wildman–Crippen LogP) is 2.82. The molecule has 0 saturated carbocycles. The molecule has 1 amide bonds. The van der Waals surface area contributed by atoms with Crippen molar-refractivity contribution in [3.05, 3.63) is 45.8 Å². The second-order valence-corrected chi connectivity index (χ2v) is 9.22. The quantitative estimate of drug-likeness (QED) is 0.206. The van der Waals surface area contributed by atoms with Gasteiger partial charge in [-0.2, -0.15) is 0 Å². The minimum Gasteiger partial charge on any atom is -0.507 e. The summed E-state index contributed by atoms with van der Waals surface area (Å²) in [6.07, 6.45) is 0.593. The minimum atomic E-state index is -0.943. The van der Waals surface area contributed by atoms with Crippen LogP contribution in [0, 0.1) is 13.8 Å². The lowest BCUT2D eigenvalue weighted by Gasteiger charge is -2.27. The molecule has 2 aromatic rings. The molecule has 1 aromatic heterocycles. The van der Waals surface area contributed by atoms with E-state index in [0.717, 1.165) is 0 Å². The SMILES string of the molecule is COC(=O)c1[nH]c(C)c(/C(O)=C2\C(=O)C(=O)N(CCCN(C)C)[C@@H]2c2cc(OC)c(OC)c(OC)c2)c1C. The molecule has 1 saturated heterocycles. The van der Waals surface area contributed by atoms with Crippen molar-refractivity contribution in [1.29, 1.82) is 0 Å². The van der Waals surface area contributed by atoms with Gasteiger partial charge in [-0.15, -0.1) is 0 Å². The highest BCUT2D eigenvalue weighted by Gasteiger charge is 2.47. The van der Waals surface area contributed by atoms with Gasteiger partial charge in [-0.1, -0.05) is 0 Å². The molecule has 11 nitrogen and oxygen atoms in total. The van der Waals surface area contributed by atoms with Crippen molar-refractivity contribution in [3.63, 3.8) is 0 Å². The summed E-state index contributed by atoms with van der Waals surface area (Å²) in [6.45, 7) is 4.24. The third kappa shape index (κ3) is 5.06. The lowest BCUT2D eigenvalue weighted by molar-refractivity contribution is -0.139. The molecule has 206 valence electrons. The van der Waals surface area contributed by atoms with Gasteiger partial charge in [0, 0.05) is 17.8 Å². The summed E-state index contributed by atoms with van der Waals surface area (Å²) in [5, 5.41) is 11.6. The second kappa shape index (κ2) is 11.6. The van der Waals surface area contributed by atoms with Gasteiger partial charge in [0.15, 0.2) is 11.5 Å². The summed E-state index contributed by atoms with van der Waals surface area (Å²) < 4.78 is 21.3. The van der Waals surface area contributed by atoms with Crippen molar-refractivity contribution in [3.8, 4) is 17.2 Å². The summed E-state index contributed by atoms with van der Waals surface area (Å²) in [7, 11) is 9.50. The molecule has 1 aromatic carbocycles. The molecule has 0 bridgehead atoms. The number of benzene rings is 1. The standard InChI is InChI=1S/C27H35N3O8/c1-14-19(15(2)28-21(14)27(34)38-8)23(31)20-22(30(26(33)24(20)32)11-9-10-29(3)4)16-12-17(35-5)25(37-7)18(13-16)36-6/h12-13,22,28,31H,9-11H2,1-8H3/b23-20+/t22-/m1/s1. The van der Waals surface area contributed by atoms with Gasteiger partial charge in [-0.05, 0) is 64.2 Å². The van der Waals surface area contributed by atoms with Crippen LogP contribution in [0.15, 0.2) is 17.7 Å². The van der Waals surface area contributed by atoms with Gasteiger partial charge in [0.25, 0.3) is 11.7 Å². The molecular weight excluding hydrogens is 494 g/mol. The van der Waals surface area contributed by atoms with Crippen LogP contribution in [0.4, 0.5) is 0 Å². The molecule has 1 atom stereocenters. The summed E-state index contributed by atoms with van der Waals surface area (Å²) in [4.78, 5) is 45.4. The highest BCUT2D eigenvalue weighted by molar-refractivity contribution is 6.46. The monoisotopic (exact) mass is 529 g/mol. The Balaban J connectivity index is 2.29. The van der Waals surface area contributed by atoms with Crippen LogP contribution >= 0.6 is 0 Å². The van der Waals surface area contributed by atoms with E-state index in [4.69, 9.17) is 18.9 Å². The van der Waals surface area contributed by atoms with E-state index in [1.807, 2.05) is 19.0 Å². The third-order valence-electron chi connectivity index (χ3n) is 6.61. The van der Waals surface area contributed by atoms with E-state index in [9.17, 15) is 19.5 Å². The summed E-state index contributed by atoms with van der Waals surface area (Å²) in [5.41, 5.74) is 1.64. The minimum absolute atomic E-state index is 0.101. The number of aromatic amines is 1. The zero-order valence-electron chi connectivity index (χ0n) is 23.1. The number of amides is 1. The van der Waals surface area contributed by atoms with Crippen molar-refractivity contribution in [2.45, 2.75) is 26.3 Å². The number of aryl methyl sites for hydroxylation is 1. The van der Waals surface area contributed by atoms with Crippen molar-refractivity contribution in [2.75, 3.05) is 55.6 Å². The number of nitrogens with zero attached hydrogens (tertiary/aromatic N) is 2. The Morgan fingerprint density at radius 2 is 1.66 bits per heavy atom. The van der Waals surface area contributed by atoms with Crippen molar-refractivity contribution in [2.24, 2.45) is 0 Å². The maximum Gasteiger partial charge on any atom is 0.354 e. The van der Waals surface area contributed by atoms with E-state index in [1.54, 1.807) is 26.0 Å². The van der Waals surface area contributed by atoms with E-state index in [0.29, 0.717) is 47.0 Å². The van der Waals surface area contributed by atoms with Crippen LogP contribution in [-0.4, -0.2) is 93.2 Å². The van der Waals surface area contributed by atoms with Gasteiger partial charge in [0.2, 0.25) is 5.75 Å². The number of carbonyl (C=O) groups is 3. The molecule has 38 heavy (non-hydrogen) atoms. The second-order valence-electron chi connectivity index (χ2n) is 9.22. The number of Topliss-reactive ketones (excluding diaryl/α,β-unsaturated/α-hetero) is 1. The zero-order chi connectivity index (χ0) is 28.3. The summed E-state index contributed by atoms with van der Waals surface area (Å²) in [5.74, 6) is -1.55. The Morgan fingerprint density at radius 3 is 2.16 bits per heavy atom. The Morgan fingerprint density at radius 1 is 1.05 bits per heavy atom. The van der Waals surface area contributed by atoms with E-state index in [2.05, 4.69) is 4.98 Å². The van der Waals surface area contributed by atoms with Gasteiger partial charge in [-0.3, -0.25) is 9.59 Å². The largest absolute Gasteiger partial charge is 0.507 e. The fourth-order valence-corrected chi connectivity index (χ4v) is 4.82. The molecule has 11 heteroatoms. The molecular formula is C27H35N3O8. The summed E-state index contributed by atoms with van der Waals surface area (Å²) in [6, 6.07) is 2.36. The first-order chi connectivity index (χ1) is 18.0. The number of nitrogens with one attached hydrogen (secondary N) is 1. The van der Waals surface area contributed by atoms with Crippen LogP contribution in [0.25, 0.3) is 5.76 Å². The van der Waals surface area contributed by atoms with Crippen LogP contribution in [0.3, 0.4) is 0 Å². The summed E-state index contributed by atoms with van der Waals surface area (Å²) >= 11 is 0. The smallest absolute Gasteiger partial charge is 0.354 e. The molecule has 0 aliphatic carbocycles. The Bertz CT molecular complexity index is 1250. The van der Waals surface area contributed by atoms with Gasteiger partial charge in [0.05, 0.1) is 40.1 Å². The molecule has 1 aliphatic rings. The number of ether oxygens (including phenoxy) is 4. The van der Waals surface area contributed by atoms with Gasteiger partial charge < -0.3 is 38.8 Å². The average Bonchev–Trinajstić information content (AvgIpc) is 3.33. The first-order valence-corrected chi connectivity index (χ1v) is 12.0. The molecule has 0 radical (unpaired) electrons. The normalized spacial score (nSPS) is 16.8. The number of aliphatic hydroxyl groups is 1. The number of hydrogen-bond acceptors (Lipinski definition) is 9. The third-order valence-corrected chi connectivity index (χ3v) is 6.61. The highest BCUT2D eigenvalue weighted by Crippen LogP contribution is 2.46. The molecule has 0 unspecified atom stereocenters. The number of aliphatic hydroxyl groups excluding tert-OH is 1. The first kappa shape index (κ1) is 28.6. The van der Waals surface area contributed by atoms with Crippen molar-refractivity contribution < 1.29 is 38.4 Å². The first-order valence-electron chi connectivity index (χ1n) is 12.0. The molecule has 1 fully saturated rings. The Kier molecular flexibility index (Phi) is 8.72. The predicted molar refractivity (Wildman–Crippen MR) is 140 cm³/mol. The lowest BCUT2D eigenvalue weighted by Crippen LogP contribution is -2.32. The van der Waals surface area contributed by atoms with Gasteiger partial charge in [0.1, 0.15) is 11.5 Å². The van der Waals surface area contributed by atoms with E-state index in [1.165, 1.54) is 33.3 Å². The molecule has 3 rings (SSSR count). The molecule has 1 aliphatic heterocycles. The van der Waals surface area contributed by atoms with Gasteiger partial charge >= 0.3 is 5.97 Å². The van der Waals surface area contributed by atoms with Crippen LogP contribution in [-0.2, 0) is 14.3 Å². The number of rotatable bonds is 10. The molecule has 2 N–H and O–H groups in total. The Labute approximate surface area is 221 Å². The van der Waals surface area contributed by atoms with Crippen LogP contribution in [0.1, 0.15) is 45.3 Å². The van der Waals surface area contributed by atoms with Crippen LogP contribution < -0.4 is 14.2 Å². The Hall–Kier alpha value is -3.99. The highest BCUT2D eigenvalue weighted by atomic mass is 16.5. The number of methoxy groups -OCH3 is 4. The van der Waals surface area contributed by atoms with E-state index < -0.39 is 29.5 Å². The van der Waals surface area contributed by atoms with Crippen molar-refractivity contribution >= 4 is 23.4 Å². The van der Waals surface area contributed by atoms with Gasteiger partial charge in [-0.25, -0.2) is 4.79 Å². The number of hydrogen-bond donors (Lipinski definition) is 2. The fourth-order valence-electron chi connectivity index (χ4n) is 4.82. The van der Waals surface area contributed by atoms with E-state index >= 15 is 0 Å². The molecule has 0 spiro atoms. The number of carbonyl (C=O) groups excluding carboxylic acids is 3. The topological polar surface area (TPSA) is 131 Å². The van der Waals surface area contributed by atoms with Crippen LogP contribution in [0.5, 0.6) is 17.2 Å². The average molecular weight is 530 g/mol. The molecule has 2 heterocycles. The number of ketones is 1. The zero-order valence-corrected chi connectivity index (χ0v) is 23.1. The van der Waals surface area contributed by atoms with Crippen molar-refractivity contribution in [1.82, 2.24) is 14.8 Å². The number of esters is 1. The number of likely N-dealkylation sites (tertiary alicyclic amines) is 1.